The Kier molecular flexibility index (Phi) is 15.9. The number of carbonyl (C=O) groups excluding carboxylic acids is 1. The first-order chi connectivity index (χ1) is 30.5. The number of amides is 1. The second-order valence-electron chi connectivity index (χ2n) is 17.4. The van der Waals surface area contributed by atoms with E-state index in [-0.39, 0.29) is 21.6 Å². The fraction of sp³-hybridized carbons (Fsp3) is 0.426. The van der Waals surface area contributed by atoms with Crippen LogP contribution in [0.25, 0.3) is 5.57 Å². The van der Waals surface area contributed by atoms with E-state index < -0.39 is 43.2 Å². The molecule has 1 unspecified atom stereocenters. The molecular formula is C47H56ClF3N6O4S3. The summed E-state index contributed by atoms with van der Waals surface area (Å²) in [6.07, 6.45) is 3.75. The van der Waals surface area contributed by atoms with Gasteiger partial charge in [0, 0.05) is 98.4 Å². The molecule has 344 valence electrons. The van der Waals surface area contributed by atoms with Crippen LogP contribution in [0, 0.1) is 5.41 Å². The van der Waals surface area contributed by atoms with Crippen LogP contribution < -0.4 is 20.3 Å². The van der Waals surface area contributed by atoms with Crippen LogP contribution in [0.2, 0.25) is 5.02 Å². The molecule has 7 rings (SSSR count). The standard InChI is InChI=1S/C47H56ClF3N6O4S3/c1-46(2)20-18-42(34-8-12-37(48)13-9-34)36(31-46)32-56-26-28-57(29-27-56)39-14-10-35(11-15-39)45(58)54-63(59)41-16-17-43(44(30-41)64(60,61)47(49,50)51)53-38(19-23-55-24-21-52-22-25-55)33-62-40-6-4-3-5-7-40/h3-17,30,38,52-53H,18-29,31-33H2,1-2H3,(H,54,58)/t38-,63?/m1/s1. The van der Waals surface area contributed by atoms with E-state index >= 15 is 0 Å². The van der Waals surface area contributed by atoms with E-state index in [0.717, 1.165) is 99.8 Å². The molecule has 2 saturated heterocycles. The lowest BCUT2D eigenvalue weighted by atomic mass is 9.73. The van der Waals surface area contributed by atoms with Gasteiger partial charge in [-0.15, -0.1) is 11.8 Å². The number of nitrogens with zero attached hydrogens (tertiary/aromatic N) is 3. The number of sulfone groups is 1. The van der Waals surface area contributed by atoms with Gasteiger partial charge in [0.05, 0.1) is 10.6 Å². The molecule has 3 N–H and O–H groups in total. The number of allylic oxidation sites excluding steroid dienone is 1. The third-order valence-corrected chi connectivity index (χ3v) is 16.2. The van der Waals surface area contributed by atoms with Gasteiger partial charge in [0.25, 0.3) is 15.7 Å². The van der Waals surface area contributed by atoms with Crippen LogP contribution in [0.1, 0.15) is 55.5 Å². The number of nitrogens with one attached hydrogen (secondary N) is 3. The lowest BCUT2D eigenvalue weighted by Crippen LogP contribution is -2.47. The first kappa shape index (κ1) is 48.0. The van der Waals surface area contributed by atoms with Gasteiger partial charge < -0.3 is 20.4 Å². The molecule has 3 aliphatic rings. The summed E-state index contributed by atoms with van der Waals surface area (Å²) in [5.74, 6) is -0.271. The molecule has 2 atom stereocenters. The highest BCUT2D eigenvalue weighted by Gasteiger charge is 2.48. The number of hydrogen-bond acceptors (Lipinski definition) is 10. The van der Waals surface area contributed by atoms with Crippen molar-refractivity contribution in [1.82, 2.24) is 19.8 Å². The maximum absolute atomic E-state index is 14.2. The van der Waals surface area contributed by atoms with E-state index in [0.29, 0.717) is 18.7 Å². The molecule has 2 heterocycles. The molecule has 1 aliphatic carbocycles. The lowest BCUT2D eigenvalue weighted by Gasteiger charge is -2.39. The number of halogens is 4. The van der Waals surface area contributed by atoms with Crippen molar-refractivity contribution in [2.75, 3.05) is 81.4 Å². The van der Waals surface area contributed by atoms with Crippen LogP contribution in [0.3, 0.4) is 0 Å². The topological polar surface area (TPSA) is 114 Å². The van der Waals surface area contributed by atoms with E-state index in [9.17, 15) is 30.6 Å². The summed E-state index contributed by atoms with van der Waals surface area (Å²) in [5, 5.41) is 7.12. The van der Waals surface area contributed by atoms with E-state index in [2.05, 4.69) is 56.0 Å². The molecule has 0 bridgehead atoms. The fourth-order valence-corrected chi connectivity index (χ4v) is 11.5. The van der Waals surface area contributed by atoms with Crippen molar-refractivity contribution in [3.8, 4) is 0 Å². The summed E-state index contributed by atoms with van der Waals surface area (Å²) in [7, 11) is -8.27. The second-order valence-corrected chi connectivity index (χ2v) is 22.0. The Balaban J connectivity index is 0.995. The van der Waals surface area contributed by atoms with Gasteiger partial charge in [0.2, 0.25) is 0 Å². The highest BCUT2D eigenvalue weighted by Crippen LogP contribution is 2.43. The number of hydrogen-bond donors (Lipinski definition) is 3. The van der Waals surface area contributed by atoms with Gasteiger partial charge >= 0.3 is 5.51 Å². The lowest BCUT2D eigenvalue weighted by molar-refractivity contribution is -0.0435. The monoisotopic (exact) mass is 956 g/mol. The zero-order valence-corrected chi connectivity index (χ0v) is 39.3. The van der Waals surface area contributed by atoms with E-state index in [1.807, 2.05) is 54.6 Å². The number of thioether (sulfide) groups is 1. The summed E-state index contributed by atoms with van der Waals surface area (Å²) in [6, 6.07) is 27.4. The Morgan fingerprint density at radius 3 is 2.27 bits per heavy atom. The number of alkyl halides is 3. The summed E-state index contributed by atoms with van der Waals surface area (Å²) in [5.41, 5.74) is -0.379. The van der Waals surface area contributed by atoms with Gasteiger partial charge in [-0.3, -0.25) is 14.4 Å². The third-order valence-electron chi connectivity index (χ3n) is 12.1. The number of carbonyl (C=O) groups is 1. The molecule has 4 aromatic rings. The Hall–Kier alpha value is -3.90. The predicted octanol–water partition coefficient (Wildman–Crippen LogP) is 8.74. The van der Waals surface area contributed by atoms with Crippen LogP contribution in [-0.4, -0.2) is 111 Å². The molecular weight excluding hydrogens is 901 g/mol. The van der Waals surface area contributed by atoms with Gasteiger partial charge in [-0.25, -0.2) is 12.6 Å². The smallest absolute Gasteiger partial charge is 0.380 e. The highest BCUT2D eigenvalue weighted by molar-refractivity contribution is 7.99. The van der Waals surface area contributed by atoms with Crippen molar-refractivity contribution in [1.29, 1.82) is 0 Å². The third kappa shape index (κ3) is 12.5. The van der Waals surface area contributed by atoms with Crippen LogP contribution in [-0.2, 0) is 20.8 Å². The van der Waals surface area contributed by atoms with Crippen LogP contribution in [0.4, 0.5) is 24.5 Å². The molecule has 17 heteroatoms. The maximum atomic E-state index is 14.2. The first-order valence-electron chi connectivity index (χ1n) is 21.6. The molecule has 64 heavy (non-hydrogen) atoms. The Morgan fingerprint density at radius 1 is 0.906 bits per heavy atom. The van der Waals surface area contributed by atoms with Crippen molar-refractivity contribution >= 4 is 67.0 Å². The summed E-state index contributed by atoms with van der Waals surface area (Å²) in [4.78, 5) is 19.9. The summed E-state index contributed by atoms with van der Waals surface area (Å²) < 4.78 is 84.4. The number of piperazine rings is 2. The molecule has 0 spiro atoms. The molecule has 10 nitrogen and oxygen atoms in total. The maximum Gasteiger partial charge on any atom is 0.501 e. The highest BCUT2D eigenvalue weighted by atomic mass is 35.5. The predicted molar refractivity (Wildman–Crippen MR) is 253 cm³/mol. The number of anilines is 2. The van der Waals surface area contributed by atoms with Gasteiger partial charge in [-0.2, -0.15) is 13.2 Å². The zero-order valence-electron chi connectivity index (χ0n) is 36.1. The van der Waals surface area contributed by atoms with Crippen molar-refractivity contribution in [3.63, 3.8) is 0 Å². The second kappa shape index (κ2) is 21.2. The zero-order chi connectivity index (χ0) is 45.5. The normalized spacial score (nSPS) is 18.7. The Labute approximate surface area is 386 Å². The molecule has 0 saturated carbocycles. The number of rotatable bonds is 16. The molecule has 4 aromatic carbocycles. The van der Waals surface area contributed by atoms with E-state index in [4.69, 9.17) is 11.6 Å². The van der Waals surface area contributed by atoms with Crippen molar-refractivity contribution in [2.45, 2.75) is 65.8 Å². The van der Waals surface area contributed by atoms with Gasteiger partial charge in [0.1, 0.15) is 4.90 Å². The molecule has 2 aliphatic heterocycles. The quantitative estimate of drug-likeness (QED) is 0.0943. The van der Waals surface area contributed by atoms with Crippen LogP contribution >= 0.6 is 23.4 Å². The minimum absolute atomic E-state index is 0.196. The van der Waals surface area contributed by atoms with Crippen molar-refractivity contribution in [3.05, 3.63) is 119 Å². The largest absolute Gasteiger partial charge is 0.501 e. The van der Waals surface area contributed by atoms with Crippen molar-refractivity contribution in [2.24, 2.45) is 5.41 Å². The molecule has 1 amide bonds. The minimum Gasteiger partial charge on any atom is -0.380 e. The van der Waals surface area contributed by atoms with E-state index in [1.165, 1.54) is 40.6 Å². The molecule has 2 fully saturated rings. The van der Waals surface area contributed by atoms with Gasteiger partial charge in [-0.1, -0.05) is 61.4 Å². The molecule has 0 radical (unpaired) electrons. The number of benzene rings is 4. The van der Waals surface area contributed by atoms with Crippen LogP contribution in [0.15, 0.2) is 117 Å². The average molecular weight is 958 g/mol. The Bertz CT molecular complexity index is 2390. The van der Waals surface area contributed by atoms with Gasteiger partial charge in [-0.05, 0) is 109 Å². The Morgan fingerprint density at radius 2 is 1.59 bits per heavy atom. The van der Waals surface area contributed by atoms with Crippen molar-refractivity contribution < 1.29 is 30.6 Å². The SMILES string of the molecule is CC1(C)CCC(c2ccc(Cl)cc2)=C(CN2CCN(c3ccc(C(=O)NS(=O)c4ccc(N[C@H](CCN5CCNCC5)CSc5ccccc5)c(S(=O)(=O)C(F)(F)F)c4)cc3)CC2)C1. The summed E-state index contributed by atoms with van der Waals surface area (Å²) >= 11 is 7.70. The van der Waals surface area contributed by atoms with Crippen LogP contribution in [0.5, 0.6) is 0 Å². The van der Waals surface area contributed by atoms with E-state index in [1.54, 1.807) is 12.1 Å². The fourth-order valence-electron chi connectivity index (χ4n) is 8.51. The van der Waals surface area contributed by atoms with Gasteiger partial charge in [0.15, 0.2) is 11.0 Å². The molecule has 0 aromatic heterocycles. The first-order valence-corrected chi connectivity index (χ1v) is 25.6. The summed E-state index contributed by atoms with van der Waals surface area (Å²) in [6.45, 7) is 12.8. The minimum atomic E-state index is -5.89. The average Bonchev–Trinajstić information content (AvgIpc) is 3.28.